The van der Waals surface area contributed by atoms with Gasteiger partial charge in [-0.15, -0.1) is 0 Å². The zero-order valence-electron chi connectivity index (χ0n) is 13.2. The third-order valence-corrected chi connectivity index (χ3v) is 4.35. The number of carbonyl (C=O) groups excluding carboxylic acids is 1. The fraction of sp³-hybridized carbons (Fsp3) is 0.588. The quantitative estimate of drug-likeness (QED) is 0.896. The second-order valence-corrected chi connectivity index (χ2v) is 5.93. The Kier molecular flexibility index (Phi) is 5.23. The number of amides is 1. The van der Waals surface area contributed by atoms with Gasteiger partial charge in [0.2, 0.25) is 0 Å². The van der Waals surface area contributed by atoms with E-state index in [2.05, 4.69) is 12.2 Å². The molecule has 1 saturated heterocycles. The topological polar surface area (TPSA) is 52.6 Å². The van der Waals surface area contributed by atoms with Crippen molar-refractivity contribution in [3.8, 4) is 0 Å². The second kappa shape index (κ2) is 6.94. The van der Waals surface area contributed by atoms with Gasteiger partial charge >= 0.3 is 0 Å². The monoisotopic (exact) mass is 290 g/mol. The predicted molar refractivity (Wildman–Crippen MR) is 85.7 cm³/mol. The number of aliphatic hydroxyl groups excluding tert-OH is 1. The molecule has 4 heteroatoms. The summed E-state index contributed by atoms with van der Waals surface area (Å²) in [6.07, 6.45) is 1.50. The Balaban J connectivity index is 2.02. The molecule has 1 aromatic carbocycles. The number of nitrogens with one attached hydrogen (secondary N) is 1. The summed E-state index contributed by atoms with van der Waals surface area (Å²) in [7, 11) is 0. The van der Waals surface area contributed by atoms with Crippen LogP contribution in [0, 0.1) is 12.8 Å². The van der Waals surface area contributed by atoms with Crippen molar-refractivity contribution in [1.82, 2.24) is 4.90 Å². The van der Waals surface area contributed by atoms with Crippen LogP contribution in [0.3, 0.4) is 0 Å². The van der Waals surface area contributed by atoms with E-state index in [1.165, 1.54) is 0 Å². The van der Waals surface area contributed by atoms with E-state index in [1.54, 1.807) is 0 Å². The van der Waals surface area contributed by atoms with E-state index in [4.69, 9.17) is 0 Å². The first kappa shape index (κ1) is 15.8. The Morgan fingerprint density at radius 3 is 2.62 bits per heavy atom. The molecule has 1 amide bonds. The van der Waals surface area contributed by atoms with Crippen LogP contribution >= 0.6 is 0 Å². The standard InChI is InChI=1S/C17H26N2O2/c1-4-18-16-6-5-15(11-12(16)2)17(21)19-9-7-14(8-10-19)13(3)20/h5-6,11,13-14,18,20H,4,7-10H2,1-3H3. The van der Waals surface area contributed by atoms with Crippen LogP contribution in [0.1, 0.15) is 42.6 Å². The maximum Gasteiger partial charge on any atom is 0.253 e. The van der Waals surface area contributed by atoms with Crippen molar-refractivity contribution >= 4 is 11.6 Å². The van der Waals surface area contributed by atoms with Gasteiger partial charge in [-0.3, -0.25) is 4.79 Å². The Hall–Kier alpha value is -1.55. The number of hydrogen-bond donors (Lipinski definition) is 2. The largest absolute Gasteiger partial charge is 0.393 e. The maximum atomic E-state index is 12.5. The molecule has 1 atom stereocenters. The minimum atomic E-state index is -0.274. The summed E-state index contributed by atoms with van der Waals surface area (Å²) in [5.41, 5.74) is 2.94. The molecule has 0 saturated carbocycles. The van der Waals surface area contributed by atoms with Crippen molar-refractivity contribution in [2.45, 2.75) is 39.7 Å². The smallest absolute Gasteiger partial charge is 0.253 e. The first-order chi connectivity index (χ1) is 10.0. The molecule has 0 radical (unpaired) electrons. The molecule has 1 fully saturated rings. The van der Waals surface area contributed by atoms with Crippen LogP contribution in [0.15, 0.2) is 18.2 Å². The van der Waals surface area contributed by atoms with Crippen LogP contribution in [0.5, 0.6) is 0 Å². The predicted octanol–water partition coefficient (Wildman–Crippen LogP) is 2.66. The molecule has 0 spiro atoms. The van der Waals surface area contributed by atoms with Crippen molar-refractivity contribution in [3.05, 3.63) is 29.3 Å². The SMILES string of the molecule is CCNc1ccc(C(=O)N2CCC(C(C)O)CC2)cc1C. The van der Waals surface area contributed by atoms with Gasteiger partial charge in [0.1, 0.15) is 0 Å². The van der Waals surface area contributed by atoms with Crippen LogP contribution in [-0.2, 0) is 0 Å². The fourth-order valence-corrected chi connectivity index (χ4v) is 2.95. The number of likely N-dealkylation sites (tertiary alicyclic amines) is 1. The van der Waals surface area contributed by atoms with E-state index >= 15 is 0 Å². The number of nitrogens with zero attached hydrogens (tertiary/aromatic N) is 1. The Bertz CT molecular complexity index is 492. The molecule has 116 valence electrons. The van der Waals surface area contributed by atoms with Crippen LogP contribution in [0.25, 0.3) is 0 Å². The van der Waals surface area contributed by atoms with Gasteiger partial charge in [0, 0.05) is 30.9 Å². The fourth-order valence-electron chi connectivity index (χ4n) is 2.95. The highest BCUT2D eigenvalue weighted by Crippen LogP contribution is 2.23. The molecule has 1 unspecified atom stereocenters. The highest BCUT2D eigenvalue weighted by atomic mass is 16.3. The number of carbonyl (C=O) groups is 1. The van der Waals surface area contributed by atoms with Gasteiger partial charge in [0.15, 0.2) is 0 Å². The number of anilines is 1. The molecule has 21 heavy (non-hydrogen) atoms. The van der Waals surface area contributed by atoms with E-state index in [0.717, 1.165) is 49.3 Å². The minimum Gasteiger partial charge on any atom is -0.393 e. The second-order valence-electron chi connectivity index (χ2n) is 5.93. The van der Waals surface area contributed by atoms with E-state index in [-0.39, 0.29) is 12.0 Å². The molecule has 4 nitrogen and oxygen atoms in total. The Morgan fingerprint density at radius 2 is 2.10 bits per heavy atom. The molecule has 1 aliphatic heterocycles. The van der Waals surface area contributed by atoms with E-state index in [1.807, 2.05) is 36.9 Å². The number of hydrogen-bond acceptors (Lipinski definition) is 3. The van der Waals surface area contributed by atoms with Gasteiger partial charge in [0.05, 0.1) is 6.10 Å². The number of benzene rings is 1. The van der Waals surface area contributed by atoms with Gasteiger partial charge in [-0.05, 0) is 63.3 Å². The van der Waals surface area contributed by atoms with E-state index < -0.39 is 0 Å². The van der Waals surface area contributed by atoms with Crippen molar-refractivity contribution in [2.24, 2.45) is 5.92 Å². The van der Waals surface area contributed by atoms with Gasteiger partial charge in [-0.2, -0.15) is 0 Å². The Morgan fingerprint density at radius 1 is 1.43 bits per heavy atom. The van der Waals surface area contributed by atoms with Gasteiger partial charge in [-0.1, -0.05) is 0 Å². The van der Waals surface area contributed by atoms with Crippen molar-refractivity contribution in [1.29, 1.82) is 0 Å². The van der Waals surface area contributed by atoms with Gasteiger partial charge in [-0.25, -0.2) is 0 Å². The van der Waals surface area contributed by atoms with Crippen LogP contribution < -0.4 is 5.32 Å². The number of aliphatic hydroxyl groups is 1. The van der Waals surface area contributed by atoms with E-state index in [0.29, 0.717) is 5.92 Å². The number of piperidine rings is 1. The van der Waals surface area contributed by atoms with Crippen molar-refractivity contribution in [3.63, 3.8) is 0 Å². The molecular weight excluding hydrogens is 264 g/mol. The first-order valence-electron chi connectivity index (χ1n) is 7.84. The maximum absolute atomic E-state index is 12.5. The van der Waals surface area contributed by atoms with Crippen LogP contribution in [0.2, 0.25) is 0 Å². The van der Waals surface area contributed by atoms with E-state index in [9.17, 15) is 9.90 Å². The summed E-state index contributed by atoms with van der Waals surface area (Å²) in [4.78, 5) is 14.4. The average Bonchev–Trinajstić information content (AvgIpc) is 2.49. The number of aryl methyl sites for hydroxylation is 1. The zero-order chi connectivity index (χ0) is 15.4. The molecule has 2 rings (SSSR count). The highest BCUT2D eigenvalue weighted by molar-refractivity contribution is 5.95. The molecule has 2 N–H and O–H groups in total. The molecular formula is C17H26N2O2. The summed E-state index contributed by atoms with van der Waals surface area (Å²) in [6, 6.07) is 5.84. The summed E-state index contributed by atoms with van der Waals surface area (Å²) >= 11 is 0. The molecule has 1 heterocycles. The molecule has 1 aromatic rings. The Labute approximate surface area is 127 Å². The molecule has 0 aliphatic carbocycles. The third-order valence-electron chi connectivity index (χ3n) is 4.35. The zero-order valence-corrected chi connectivity index (χ0v) is 13.2. The molecule has 0 bridgehead atoms. The lowest BCUT2D eigenvalue weighted by Crippen LogP contribution is -2.40. The number of rotatable bonds is 4. The lowest BCUT2D eigenvalue weighted by Gasteiger charge is -2.33. The molecule has 0 aromatic heterocycles. The minimum absolute atomic E-state index is 0.102. The summed E-state index contributed by atoms with van der Waals surface area (Å²) < 4.78 is 0. The summed E-state index contributed by atoms with van der Waals surface area (Å²) in [6.45, 7) is 8.27. The highest BCUT2D eigenvalue weighted by Gasteiger charge is 2.26. The van der Waals surface area contributed by atoms with Crippen molar-refractivity contribution < 1.29 is 9.90 Å². The van der Waals surface area contributed by atoms with Crippen LogP contribution in [-0.4, -0.2) is 41.7 Å². The lowest BCUT2D eigenvalue weighted by atomic mass is 9.92. The van der Waals surface area contributed by atoms with Gasteiger partial charge < -0.3 is 15.3 Å². The lowest BCUT2D eigenvalue weighted by molar-refractivity contribution is 0.0521. The van der Waals surface area contributed by atoms with Crippen molar-refractivity contribution in [2.75, 3.05) is 25.0 Å². The normalized spacial score (nSPS) is 17.6. The average molecular weight is 290 g/mol. The van der Waals surface area contributed by atoms with Crippen LogP contribution in [0.4, 0.5) is 5.69 Å². The summed E-state index contributed by atoms with van der Waals surface area (Å²) in [5, 5.41) is 12.9. The first-order valence-corrected chi connectivity index (χ1v) is 7.84. The molecule has 1 aliphatic rings. The van der Waals surface area contributed by atoms with Gasteiger partial charge in [0.25, 0.3) is 5.91 Å². The summed E-state index contributed by atoms with van der Waals surface area (Å²) in [5.74, 6) is 0.428. The third kappa shape index (κ3) is 3.76.